The molecule has 0 atom stereocenters. The summed E-state index contributed by atoms with van der Waals surface area (Å²) in [6.45, 7) is 1.61. The van der Waals surface area contributed by atoms with Crippen molar-refractivity contribution in [3.63, 3.8) is 0 Å². The molecule has 2 aromatic rings. The molecule has 0 amide bonds. The Kier molecular flexibility index (Phi) is 2.82. The van der Waals surface area contributed by atoms with Gasteiger partial charge >= 0.3 is 6.18 Å². The molecule has 0 fully saturated rings. The molecular formula is C15H12F3N. The zero-order valence-corrected chi connectivity index (χ0v) is 10.1. The molecule has 1 N–H and O–H groups in total. The van der Waals surface area contributed by atoms with Crippen LogP contribution in [0, 0.1) is 0 Å². The van der Waals surface area contributed by atoms with Crippen LogP contribution in [0.4, 0.5) is 13.2 Å². The fourth-order valence-corrected chi connectivity index (χ4v) is 2.35. The van der Waals surface area contributed by atoms with Gasteiger partial charge in [-0.2, -0.15) is 13.2 Å². The SMILES string of the molecule is FC(F)(F)c1cccc(-c2ccc3c(c2)CNC3)c1. The van der Waals surface area contributed by atoms with Gasteiger partial charge in [0.15, 0.2) is 0 Å². The Hall–Kier alpha value is -1.81. The lowest BCUT2D eigenvalue weighted by Crippen LogP contribution is -2.04. The normalized spacial score (nSPS) is 14.5. The number of hydrogen-bond donors (Lipinski definition) is 1. The molecule has 1 nitrogen and oxygen atoms in total. The first-order chi connectivity index (χ1) is 9.04. The van der Waals surface area contributed by atoms with Crippen molar-refractivity contribution >= 4 is 0 Å². The Labute approximate surface area is 109 Å². The van der Waals surface area contributed by atoms with Crippen LogP contribution in [0.3, 0.4) is 0 Å². The van der Waals surface area contributed by atoms with E-state index in [2.05, 4.69) is 5.32 Å². The molecule has 0 spiro atoms. The highest BCUT2D eigenvalue weighted by Crippen LogP contribution is 2.33. The van der Waals surface area contributed by atoms with E-state index in [0.29, 0.717) is 5.56 Å². The van der Waals surface area contributed by atoms with Crippen LogP contribution >= 0.6 is 0 Å². The van der Waals surface area contributed by atoms with Crippen LogP contribution in [0.25, 0.3) is 11.1 Å². The Morgan fingerprint density at radius 2 is 1.58 bits per heavy atom. The summed E-state index contributed by atoms with van der Waals surface area (Å²) < 4.78 is 38.1. The molecule has 0 aliphatic carbocycles. The van der Waals surface area contributed by atoms with Gasteiger partial charge in [-0.1, -0.05) is 24.3 Å². The lowest BCUT2D eigenvalue weighted by Gasteiger charge is -2.09. The molecule has 0 aromatic heterocycles. The van der Waals surface area contributed by atoms with Crippen LogP contribution in [0.1, 0.15) is 16.7 Å². The third-order valence-corrected chi connectivity index (χ3v) is 3.36. The van der Waals surface area contributed by atoms with Crippen molar-refractivity contribution in [2.24, 2.45) is 0 Å². The first-order valence-electron chi connectivity index (χ1n) is 6.04. The van der Waals surface area contributed by atoms with E-state index in [9.17, 15) is 13.2 Å². The molecule has 0 unspecified atom stereocenters. The first kappa shape index (κ1) is 12.2. The van der Waals surface area contributed by atoms with E-state index in [4.69, 9.17) is 0 Å². The van der Waals surface area contributed by atoms with E-state index in [1.807, 2.05) is 18.2 Å². The van der Waals surface area contributed by atoms with Gasteiger partial charge in [0.2, 0.25) is 0 Å². The number of benzene rings is 2. The van der Waals surface area contributed by atoms with Gasteiger partial charge in [0.25, 0.3) is 0 Å². The summed E-state index contributed by atoms with van der Waals surface area (Å²) in [6.07, 6.45) is -4.30. The first-order valence-corrected chi connectivity index (χ1v) is 6.04. The second-order valence-electron chi connectivity index (χ2n) is 4.67. The number of rotatable bonds is 1. The van der Waals surface area contributed by atoms with Gasteiger partial charge in [-0.05, 0) is 40.5 Å². The van der Waals surface area contributed by atoms with Gasteiger partial charge in [-0.3, -0.25) is 0 Å². The maximum atomic E-state index is 12.7. The van der Waals surface area contributed by atoms with Crippen LogP contribution < -0.4 is 5.32 Å². The average Bonchev–Trinajstić information content (AvgIpc) is 2.85. The highest BCUT2D eigenvalue weighted by molar-refractivity contribution is 5.66. The highest BCUT2D eigenvalue weighted by Gasteiger charge is 2.30. The predicted octanol–water partition coefficient (Wildman–Crippen LogP) is 3.98. The molecular weight excluding hydrogens is 251 g/mol. The molecule has 0 saturated heterocycles. The molecule has 1 aliphatic rings. The van der Waals surface area contributed by atoms with E-state index in [-0.39, 0.29) is 0 Å². The molecule has 4 heteroatoms. The summed E-state index contributed by atoms with van der Waals surface area (Å²) in [5, 5.41) is 3.22. The van der Waals surface area contributed by atoms with Crippen LogP contribution in [-0.2, 0) is 19.3 Å². The quantitative estimate of drug-likeness (QED) is 0.820. The van der Waals surface area contributed by atoms with Crippen molar-refractivity contribution in [2.75, 3.05) is 0 Å². The molecule has 0 radical (unpaired) electrons. The lowest BCUT2D eigenvalue weighted by molar-refractivity contribution is -0.137. The minimum absolute atomic E-state index is 0.601. The summed E-state index contributed by atoms with van der Waals surface area (Å²) >= 11 is 0. The minimum atomic E-state index is -4.30. The van der Waals surface area contributed by atoms with E-state index >= 15 is 0 Å². The van der Waals surface area contributed by atoms with E-state index in [1.54, 1.807) is 6.07 Å². The van der Waals surface area contributed by atoms with Crippen molar-refractivity contribution < 1.29 is 13.2 Å². The molecule has 1 heterocycles. The largest absolute Gasteiger partial charge is 0.416 e. The van der Waals surface area contributed by atoms with Gasteiger partial charge in [-0.25, -0.2) is 0 Å². The van der Waals surface area contributed by atoms with Gasteiger partial charge < -0.3 is 5.32 Å². The number of halogens is 3. The Bertz CT molecular complexity index is 617. The Morgan fingerprint density at radius 1 is 0.842 bits per heavy atom. The zero-order chi connectivity index (χ0) is 13.5. The van der Waals surface area contributed by atoms with Gasteiger partial charge in [-0.15, -0.1) is 0 Å². The lowest BCUT2D eigenvalue weighted by atomic mass is 9.99. The molecule has 3 rings (SSSR count). The molecule has 19 heavy (non-hydrogen) atoms. The van der Waals surface area contributed by atoms with Gasteiger partial charge in [0, 0.05) is 13.1 Å². The second kappa shape index (κ2) is 4.38. The number of alkyl halides is 3. The van der Waals surface area contributed by atoms with Crippen molar-refractivity contribution in [3.05, 3.63) is 59.2 Å². The minimum Gasteiger partial charge on any atom is -0.309 e. The van der Waals surface area contributed by atoms with Crippen LogP contribution in [-0.4, -0.2) is 0 Å². The maximum absolute atomic E-state index is 12.7. The monoisotopic (exact) mass is 263 g/mol. The summed E-state index contributed by atoms with van der Waals surface area (Å²) in [5.74, 6) is 0. The highest BCUT2D eigenvalue weighted by atomic mass is 19.4. The summed E-state index contributed by atoms with van der Waals surface area (Å²) in [4.78, 5) is 0. The predicted molar refractivity (Wildman–Crippen MR) is 67.4 cm³/mol. The van der Waals surface area contributed by atoms with Crippen molar-refractivity contribution in [1.82, 2.24) is 5.32 Å². The average molecular weight is 263 g/mol. The van der Waals surface area contributed by atoms with E-state index in [0.717, 1.165) is 30.3 Å². The summed E-state index contributed by atoms with van der Waals surface area (Å²) in [6, 6.07) is 11.3. The molecule has 1 aliphatic heterocycles. The van der Waals surface area contributed by atoms with Gasteiger partial charge in [0.1, 0.15) is 0 Å². The molecule has 2 aromatic carbocycles. The number of fused-ring (bicyclic) bond motifs is 1. The molecule has 0 saturated carbocycles. The summed E-state index contributed by atoms with van der Waals surface area (Å²) in [7, 11) is 0. The number of hydrogen-bond acceptors (Lipinski definition) is 1. The standard InChI is InChI=1S/C15H12F3N/c16-15(17,18)14-3-1-2-10(7-14)11-4-5-12-8-19-9-13(12)6-11/h1-7,19H,8-9H2. The third-order valence-electron chi connectivity index (χ3n) is 3.36. The zero-order valence-electron chi connectivity index (χ0n) is 10.1. The number of nitrogens with one attached hydrogen (secondary N) is 1. The maximum Gasteiger partial charge on any atom is 0.416 e. The Balaban J connectivity index is 2.03. The van der Waals surface area contributed by atoms with Crippen LogP contribution in [0.15, 0.2) is 42.5 Å². The van der Waals surface area contributed by atoms with Crippen molar-refractivity contribution in [1.29, 1.82) is 0 Å². The fourth-order valence-electron chi connectivity index (χ4n) is 2.35. The van der Waals surface area contributed by atoms with Crippen molar-refractivity contribution in [2.45, 2.75) is 19.3 Å². The third kappa shape index (κ3) is 2.36. The van der Waals surface area contributed by atoms with Crippen LogP contribution in [0.2, 0.25) is 0 Å². The van der Waals surface area contributed by atoms with Crippen LogP contribution in [0.5, 0.6) is 0 Å². The van der Waals surface area contributed by atoms with E-state index in [1.165, 1.54) is 17.7 Å². The topological polar surface area (TPSA) is 12.0 Å². The van der Waals surface area contributed by atoms with Gasteiger partial charge in [0.05, 0.1) is 5.56 Å². The molecule has 98 valence electrons. The van der Waals surface area contributed by atoms with Crippen molar-refractivity contribution in [3.8, 4) is 11.1 Å². The summed E-state index contributed by atoms with van der Waals surface area (Å²) in [5.41, 5.74) is 3.20. The van der Waals surface area contributed by atoms with E-state index < -0.39 is 11.7 Å². The second-order valence-corrected chi connectivity index (χ2v) is 4.67. The molecule has 0 bridgehead atoms. The fraction of sp³-hybridized carbons (Fsp3) is 0.200. The Morgan fingerprint density at radius 3 is 2.37 bits per heavy atom. The smallest absolute Gasteiger partial charge is 0.309 e.